The zero-order valence-corrected chi connectivity index (χ0v) is 6.74. The summed E-state index contributed by atoms with van der Waals surface area (Å²) in [6.45, 7) is 3.64. The fourth-order valence-electron chi connectivity index (χ4n) is 1.12. The van der Waals surface area contributed by atoms with Crippen LogP contribution >= 0.6 is 0 Å². The number of hydrogen-bond acceptors (Lipinski definition) is 0. The fraction of sp³-hybridized carbons (Fsp3) is 0.273. The highest BCUT2D eigenvalue weighted by molar-refractivity contribution is 5.11. The van der Waals surface area contributed by atoms with E-state index in [0.29, 0.717) is 5.92 Å². The molecule has 0 heterocycles. The van der Waals surface area contributed by atoms with Crippen molar-refractivity contribution in [2.75, 3.05) is 0 Å². The van der Waals surface area contributed by atoms with E-state index in [9.17, 15) is 0 Å². The van der Waals surface area contributed by atoms with Crippen molar-refractivity contribution in [3.05, 3.63) is 49.1 Å². The molecule has 0 saturated heterocycles. The van der Waals surface area contributed by atoms with Gasteiger partial charge in [0.25, 0.3) is 0 Å². The highest BCUT2D eigenvalue weighted by atomic mass is 14.0. The molecule has 1 aliphatic rings. The minimum Gasteiger partial charge on any atom is -0.0991 e. The topological polar surface area (TPSA) is 0 Å². The second-order valence-electron chi connectivity index (χ2n) is 2.66. The Kier molecular flexibility index (Phi) is 3.46. The second-order valence-corrected chi connectivity index (χ2v) is 2.66. The van der Waals surface area contributed by atoms with Crippen LogP contribution in [0.5, 0.6) is 0 Å². The minimum atomic E-state index is 0.576. The van der Waals surface area contributed by atoms with E-state index in [-0.39, 0.29) is 0 Å². The third kappa shape index (κ3) is 3.03. The van der Waals surface area contributed by atoms with E-state index in [4.69, 9.17) is 0 Å². The van der Waals surface area contributed by atoms with Gasteiger partial charge in [-0.15, -0.1) is 0 Å². The average Bonchev–Trinajstić information content (AvgIpc) is 2.28. The van der Waals surface area contributed by atoms with Crippen LogP contribution in [0.25, 0.3) is 0 Å². The lowest BCUT2D eigenvalue weighted by Crippen LogP contribution is -1.86. The first-order valence-electron chi connectivity index (χ1n) is 4.04. The van der Waals surface area contributed by atoms with Crippen molar-refractivity contribution in [2.24, 2.45) is 5.92 Å². The fourth-order valence-corrected chi connectivity index (χ4v) is 1.12. The van der Waals surface area contributed by atoms with E-state index in [1.54, 1.807) is 0 Å². The van der Waals surface area contributed by atoms with E-state index in [0.717, 1.165) is 12.8 Å². The molecule has 0 unspecified atom stereocenters. The Morgan fingerprint density at radius 3 is 3.00 bits per heavy atom. The Bertz CT molecular complexity index is 194. The Hall–Kier alpha value is -1.04. The summed E-state index contributed by atoms with van der Waals surface area (Å²) in [7, 11) is 0. The summed E-state index contributed by atoms with van der Waals surface area (Å²) in [6.07, 6.45) is 17.1. The van der Waals surface area contributed by atoms with Crippen LogP contribution < -0.4 is 0 Å². The van der Waals surface area contributed by atoms with Gasteiger partial charge in [-0.2, -0.15) is 0 Å². The Morgan fingerprint density at radius 1 is 1.27 bits per heavy atom. The van der Waals surface area contributed by atoms with Gasteiger partial charge >= 0.3 is 0 Å². The summed E-state index contributed by atoms with van der Waals surface area (Å²) in [5.41, 5.74) is 0. The van der Waals surface area contributed by atoms with Gasteiger partial charge < -0.3 is 0 Å². The molecule has 0 radical (unpaired) electrons. The van der Waals surface area contributed by atoms with Gasteiger partial charge in [0.2, 0.25) is 0 Å². The maximum Gasteiger partial charge on any atom is -0.00157 e. The van der Waals surface area contributed by atoms with Crippen molar-refractivity contribution in [1.29, 1.82) is 0 Å². The predicted molar refractivity (Wildman–Crippen MR) is 50.3 cm³/mol. The van der Waals surface area contributed by atoms with E-state index in [2.05, 4.69) is 37.0 Å². The van der Waals surface area contributed by atoms with Gasteiger partial charge in [0.05, 0.1) is 0 Å². The standard InChI is InChI=1S/C11H14/c1-2-3-8-11-9-6-4-5-7-10-11/h2-4,6-8,10-11H,1,5,9H2/b8-3-/t11-/m1/s1. The molecule has 0 aliphatic heterocycles. The van der Waals surface area contributed by atoms with E-state index >= 15 is 0 Å². The normalized spacial score (nSPS) is 23.8. The molecule has 0 aromatic heterocycles. The molecule has 0 nitrogen and oxygen atoms in total. The van der Waals surface area contributed by atoms with Crippen LogP contribution in [-0.4, -0.2) is 0 Å². The van der Waals surface area contributed by atoms with Crippen molar-refractivity contribution < 1.29 is 0 Å². The van der Waals surface area contributed by atoms with E-state index in [1.165, 1.54) is 0 Å². The third-order valence-corrected chi connectivity index (χ3v) is 1.72. The minimum absolute atomic E-state index is 0.576. The van der Waals surface area contributed by atoms with E-state index < -0.39 is 0 Å². The summed E-state index contributed by atoms with van der Waals surface area (Å²) in [4.78, 5) is 0. The molecule has 0 saturated carbocycles. The molecule has 0 N–H and O–H groups in total. The number of allylic oxidation sites excluding steroid dienone is 7. The van der Waals surface area contributed by atoms with Crippen molar-refractivity contribution in [3.63, 3.8) is 0 Å². The molecular weight excluding hydrogens is 132 g/mol. The van der Waals surface area contributed by atoms with Gasteiger partial charge in [0, 0.05) is 0 Å². The smallest absolute Gasteiger partial charge is 0.00157 e. The molecule has 1 atom stereocenters. The molecule has 0 amide bonds. The first-order chi connectivity index (χ1) is 5.43. The maximum atomic E-state index is 3.64. The van der Waals surface area contributed by atoms with Crippen molar-refractivity contribution in [3.8, 4) is 0 Å². The average molecular weight is 146 g/mol. The molecular formula is C11H14. The van der Waals surface area contributed by atoms with Gasteiger partial charge in [-0.05, 0) is 18.8 Å². The third-order valence-electron chi connectivity index (χ3n) is 1.72. The van der Waals surface area contributed by atoms with Gasteiger partial charge in [0.1, 0.15) is 0 Å². The highest BCUT2D eigenvalue weighted by Crippen LogP contribution is 2.12. The highest BCUT2D eigenvalue weighted by Gasteiger charge is 1.97. The number of rotatable bonds is 2. The van der Waals surface area contributed by atoms with Crippen LogP contribution in [0.1, 0.15) is 12.8 Å². The SMILES string of the molecule is C=C/C=C\[C@H]1C=CCC=CC1. The molecule has 0 fully saturated rings. The lowest BCUT2D eigenvalue weighted by Gasteiger charge is -1.99. The van der Waals surface area contributed by atoms with Crippen molar-refractivity contribution in [1.82, 2.24) is 0 Å². The summed E-state index contributed by atoms with van der Waals surface area (Å²) < 4.78 is 0. The van der Waals surface area contributed by atoms with E-state index in [1.807, 2.05) is 12.2 Å². The first kappa shape index (κ1) is 8.06. The largest absolute Gasteiger partial charge is 0.0991 e. The van der Waals surface area contributed by atoms with Crippen LogP contribution in [0.2, 0.25) is 0 Å². The zero-order valence-electron chi connectivity index (χ0n) is 6.74. The molecule has 11 heavy (non-hydrogen) atoms. The second kappa shape index (κ2) is 4.73. The van der Waals surface area contributed by atoms with Gasteiger partial charge in [-0.1, -0.05) is 49.1 Å². The first-order valence-corrected chi connectivity index (χ1v) is 4.04. The Balaban J connectivity index is 2.50. The molecule has 0 heteroatoms. The van der Waals surface area contributed by atoms with Crippen LogP contribution in [-0.2, 0) is 0 Å². The lowest BCUT2D eigenvalue weighted by atomic mass is 10.1. The molecule has 0 bridgehead atoms. The summed E-state index contributed by atoms with van der Waals surface area (Å²) >= 11 is 0. The predicted octanol–water partition coefficient (Wildman–Crippen LogP) is 3.25. The molecule has 0 aromatic rings. The van der Waals surface area contributed by atoms with Crippen LogP contribution in [0.3, 0.4) is 0 Å². The quantitative estimate of drug-likeness (QED) is 0.414. The summed E-state index contributed by atoms with van der Waals surface area (Å²) in [5, 5.41) is 0. The number of hydrogen-bond donors (Lipinski definition) is 0. The molecule has 1 aliphatic carbocycles. The summed E-state index contributed by atoms with van der Waals surface area (Å²) in [5.74, 6) is 0.576. The summed E-state index contributed by atoms with van der Waals surface area (Å²) in [6, 6.07) is 0. The molecule has 0 spiro atoms. The van der Waals surface area contributed by atoms with Crippen LogP contribution in [0.15, 0.2) is 49.1 Å². The van der Waals surface area contributed by atoms with Gasteiger partial charge in [0.15, 0.2) is 0 Å². The zero-order chi connectivity index (χ0) is 7.94. The molecule has 58 valence electrons. The maximum absolute atomic E-state index is 3.64. The van der Waals surface area contributed by atoms with Gasteiger partial charge in [-0.3, -0.25) is 0 Å². The Morgan fingerprint density at radius 2 is 2.18 bits per heavy atom. The van der Waals surface area contributed by atoms with Gasteiger partial charge in [-0.25, -0.2) is 0 Å². The van der Waals surface area contributed by atoms with Crippen molar-refractivity contribution >= 4 is 0 Å². The monoisotopic (exact) mass is 146 g/mol. The molecule has 1 rings (SSSR count). The molecule has 0 aromatic carbocycles. The van der Waals surface area contributed by atoms with Crippen LogP contribution in [0, 0.1) is 5.92 Å². The van der Waals surface area contributed by atoms with Crippen LogP contribution in [0.4, 0.5) is 0 Å². The Labute approximate surface area is 68.6 Å². The lowest BCUT2D eigenvalue weighted by molar-refractivity contribution is 0.836. The van der Waals surface area contributed by atoms with Crippen molar-refractivity contribution in [2.45, 2.75) is 12.8 Å².